The van der Waals surface area contributed by atoms with Crippen molar-refractivity contribution in [3.8, 4) is 0 Å². The molecule has 3 aliphatic carbocycles. The van der Waals surface area contributed by atoms with Crippen molar-refractivity contribution in [1.29, 1.82) is 0 Å². The highest BCUT2D eigenvalue weighted by atomic mass is 15.4. The molecule has 2 bridgehead atoms. The standard InChI is InChI=1S/C12H16N4/c1-12(2)10-4-3-9(11(12)5-10)6-15-16-7-13-14-8-16/h3,6-8,10-11H,4-5H2,1-2H3/t10-,11+/m0/s1. The van der Waals surface area contributed by atoms with E-state index < -0.39 is 0 Å². The van der Waals surface area contributed by atoms with Gasteiger partial charge in [0, 0.05) is 0 Å². The van der Waals surface area contributed by atoms with Crippen LogP contribution in [-0.2, 0) is 0 Å². The molecule has 0 N–H and O–H groups in total. The van der Waals surface area contributed by atoms with E-state index >= 15 is 0 Å². The summed E-state index contributed by atoms with van der Waals surface area (Å²) >= 11 is 0. The lowest BCUT2D eigenvalue weighted by molar-refractivity contribution is -0.00126. The van der Waals surface area contributed by atoms with Crippen molar-refractivity contribution in [1.82, 2.24) is 14.9 Å². The minimum Gasteiger partial charge on any atom is -0.208 e. The first-order valence-electron chi connectivity index (χ1n) is 5.77. The number of aromatic nitrogens is 3. The Bertz CT molecular complexity index is 442. The summed E-state index contributed by atoms with van der Waals surface area (Å²) in [5.74, 6) is 1.57. The summed E-state index contributed by atoms with van der Waals surface area (Å²) in [5, 5.41) is 11.8. The SMILES string of the molecule is CC1(C)[C@H]2CC=C(C=Nn3cnnc3)[C@H]1C2. The maximum Gasteiger partial charge on any atom is 0.141 e. The van der Waals surface area contributed by atoms with Gasteiger partial charge in [-0.3, -0.25) is 0 Å². The van der Waals surface area contributed by atoms with Gasteiger partial charge in [0.1, 0.15) is 12.7 Å². The zero-order chi connectivity index (χ0) is 11.2. The summed E-state index contributed by atoms with van der Waals surface area (Å²) in [6.45, 7) is 4.73. The highest BCUT2D eigenvalue weighted by Crippen LogP contribution is 2.58. The van der Waals surface area contributed by atoms with Crippen LogP contribution in [0.2, 0.25) is 0 Å². The van der Waals surface area contributed by atoms with Gasteiger partial charge >= 0.3 is 0 Å². The van der Waals surface area contributed by atoms with Crippen LogP contribution in [-0.4, -0.2) is 21.1 Å². The first-order chi connectivity index (χ1) is 7.68. The van der Waals surface area contributed by atoms with E-state index in [-0.39, 0.29) is 0 Å². The topological polar surface area (TPSA) is 43.1 Å². The summed E-state index contributed by atoms with van der Waals surface area (Å²) in [4.78, 5) is 0. The molecule has 4 nitrogen and oxygen atoms in total. The van der Waals surface area contributed by atoms with Crippen LogP contribution in [0.5, 0.6) is 0 Å². The lowest BCUT2D eigenvalue weighted by atomic mass is 9.49. The van der Waals surface area contributed by atoms with Gasteiger partial charge in [0.05, 0.1) is 6.21 Å². The molecule has 4 heteroatoms. The molecule has 84 valence electrons. The Morgan fingerprint density at radius 2 is 2.19 bits per heavy atom. The molecule has 1 saturated carbocycles. The molecule has 0 spiro atoms. The van der Waals surface area contributed by atoms with Gasteiger partial charge in [-0.05, 0) is 35.7 Å². The smallest absolute Gasteiger partial charge is 0.141 e. The highest BCUT2D eigenvalue weighted by Gasteiger charge is 2.50. The summed E-state index contributed by atoms with van der Waals surface area (Å²) < 4.78 is 1.64. The molecule has 2 atom stereocenters. The summed E-state index contributed by atoms with van der Waals surface area (Å²) in [6, 6.07) is 0. The van der Waals surface area contributed by atoms with Crippen LogP contribution in [0.4, 0.5) is 0 Å². The van der Waals surface area contributed by atoms with Gasteiger partial charge < -0.3 is 0 Å². The largest absolute Gasteiger partial charge is 0.208 e. The summed E-state index contributed by atoms with van der Waals surface area (Å²) in [5.41, 5.74) is 1.84. The molecule has 0 amide bonds. The van der Waals surface area contributed by atoms with Crippen molar-refractivity contribution < 1.29 is 0 Å². The van der Waals surface area contributed by atoms with Gasteiger partial charge in [0.15, 0.2) is 0 Å². The van der Waals surface area contributed by atoms with E-state index in [1.165, 1.54) is 18.4 Å². The van der Waals surface area contributed by atoms with Gasteiger partial charge in [0.2, 0.25) is 0 Å². The molecule has 16 heavy (non-hydrogen) atoms. The van der Waals surface area contributed by atoms with Crippen molar-refractivity contribution in [3.05, 3.63) is 24.3 Å². The number of nitrogens with zero attached hydrogens (tertiary/aromatic N) is 4. The fourth-order valence-corrected chi connectivity index (χ4v) is 2.93. The average molecular weight is 216 g/mol. The predicted octanol–water partition coefficient (Wildman–Crippen LogP) is 2.10. The Hall–Kier alpha value is -1.45. The molecule has 1 aromatic heterocycles. The van der Waals surface area contributed by atoms with E-state index in [4.69, 9.17) is 0 Å². The Morgan fingerprint density at radius 1 is 1.44 bits per heavy atom. The lowest BCUT2D eigenvalue weighted by Crippen LogP contribution is -2.48. The summed E-state index contributed by atoms with van der Waals surface area (Å²) in [6.07, 6.45) is 10.0. The molecule has 0 saturated heterocycles. The van der Waals surface area contributed by atoms with Gasteiger partial charge in [-0.25, -0.2) is 4.68 Å². The van der Waals surface area contributed by atoms with Gasteiger partial charge in [-0.2, -0.15) is 5.10 Å². The number of hydrogen-bond acceptors (Lipinski definition) is 3. The molecule has 0 unspecified atom stereocenters. The van der Waals surface area contributed by atoms with E-state index in [0.29, 0.717) is 11.3 Å². The zero-order valence-electron chi connectivity index (χ0n) is 9.67. The second-order valence-electron chi connectivity index (χ2n) is 5.33. The van der Waals surface area contributed by atoms with Gasteiger partial charge in [0.25, 0.3) is 0 Å². The molecule has 1 aromatic rings. The fourth-order valence-electron chi connectivity index (χ4n) is 2.93. The number of hydrogen-bond donors (Lipinski definition) is 0. The second kappa shape index (κ2) is 3.27. The number of rotatable bonds is 2. The van der Waals surface area contributed by atoms with Crippen LogP contribution in [0.15, 0.2) is 29.4 Å². The lowest BCUT2D eigenvalue weighted by Gasteiger charge is -2.55. The Morgan fingerprint density at radius 3 is 2.81 bits per heavy atom. The van der Waals surface area contributed by atoms with Crippen LogP contribution in [0, 0.1) is 17.3 Å². The first kappa shape index (κ1) is 9.75. The maximum atomic E-state index is 4.33. The summed E-state index contributed by atoms with van der Waals surface area (Å²) in [7, 11) is 0. The average Bonchev–Trinajstić information content (AvgIpc) is 2.79. The Kier molecular flexibility index (Phi) is 1.99. The zero-order valence-corrected chi connectivity index (χ0v) is 9.67. The Balaban J connectivity index is 1.79. The van der Waals surface area contributed by atoms with E-state index in [0.717, 1.165) is 5.92 Å². The predicted molar refractivity (Wildman–Crippen MR) is 62.0 cm³/mol. The fraction of sp³-hybridized carbons (Fsp3) is 0.583. The third kappa shape index (κ3) is 1.32. The van der Waals surface area contributed by atoms with E-state index in [1.54, 1.807) is 17.3 Å². The quantitative estimate of drug-likeness (QED) is 0.710. The monoisotopic (exact) mass is 216 g/mol. The molecular weight excluding hydrogens is 200 g/mol. The van der Waals surface area contributed by atoms with E-state index in [2.05, 4.69) is 35.2 Å². The third-order valence-corrected chi connectivity index (χ3v) is 4.26. The number of allylic oxidation sites excluding steroid dienone is 2. The van der Waals surface area contributed by atoms with Crippen molar-refractivity contribution in [2.75, 3.05) is 0 Å². The Labute approximate surface area is 95.1 Å². The minimum atomic E-state index is 0.462. The first-order valence-corrected chi connectivity index (χ1v) is 5.77. The molecule has 4 rings (SSSR count). The van der Waals surface area contributed by atoms with Crippen molar-refractivity contribution >= 4 is 6.21 Å². The van der Waals surface area contributed by atoms with Crippen molar-refractivity contribution in [3.63, 3.8) is 0 Å². The molecule has 0 radical (unpaired) electrons. The second-order valence-corrected chi connectivity index (χ2v) is 5.33. The molecule has 1 fully saturated rings. The van der Waals surface area contributed by atoms with Gasteiger partial charge in [-0.15, -0.1) is 10.2 Å². The van der Waals surface area contributed by atoms with E-state index in [9.17, 15) is 0 Å². The van der Waals surface area contributed by atoms with Crippen molar-refractivity contribution in [2.24, 2.45) is 22.4 Å². The number of fused-ring (bicyclic) bond motifs is 1. The highest BCUT2D eigenvalue weighted by molar-refractivity contribution is 5.80. The molecular formula is C12H16N4. The molecule has 3 aliphatic rings. The van der Waals surface area contributed by atoms with Crippen molar-refractivity contribution in [2.45, 2.75) is 26.7 Å². The molecule has 1 heterocycles. The van der Waals surface area contributed by atoms with Crippen LogP contribution in [0.3, 0.4) is 0 Å². The van der Waals surface area contributed by atoms with Crippen LogP contribution < -0.4 is 0 Å². The van der Waals surface area contributed by atoms with Crippen LogP contribution in [0.1, 0.15) is 26.7 Å². The maximum absolute atomic E-state index is 4.33. The van der Waals surface area contributed by atoms with Gasteiger partial charge in [-0.1, -0.05) is 19.9 Å². The minimum absolute atomic E-state index is 0.462. The van der Waals surface area contributed by atoms with E-state index in [1.807, 2.05) is 6.21 Å². The van der Waals surface area contributed by atoms with Crippen LogP contribution in [0.25, 0.3) is 0 Å². The third-order valence-electron chi connectivity index (χ3n) is 4.26. The normalized spacial score (nSPS) is 31.2. The van der Waals surface area contributed by atoms with Crippen LogP contribution >= 0.6 is 0 Å². The molecule has 0 aromatic carbocycles. The molecule has 0 aliphatic heterocycles.